The molecule has 1 aliphatic rings. The van der Waals surface area contributed by atoms with Gasteiger partial charge in [-0.15, -0.1) is 0 Å². The zero-order valence-electron chi connectivity index (χ0n) is 12.5. The fourth-order valence-corrected chi connectivity index (χ4v) is 3.55. The van der Waals surface area contributed by atoms with Crippen LogP contribution >= 0.6 is 0 Å². The molecule has 9 heteroatoms. The zero-order chi connectivity index (χ0) is 15.9. The van der Waals surface area contributed by atoms with Crippen LogP contribution in [-0.4, -0.2) is 75.2 Å². The van der Waals surface area contributed by atoms with Crippen molar-refractivity contribution in [1.82, 2.24) is 14.5 Å². The minimum atomic E-state index is -3.38. The molecule has 122 valence electrons. The van der Waals surface area contributed by atoms with Crippen LogP contribution in [-0.2, 0) is 19.6 Å². The van der Waals surface area contributed by atoms with Gasteiger partial charge in [0.2, 0.25) is 10.0 Å². The molecule has 2 amide bonds. The Labute approximate surface area is 125 Å². The van der Waals surface area contributed by atoms with Gasteiger partial charge in [-0.2, -0.15) is 4.31 Å². The highest BCUT2D eigenvalue weighted by Gasteiger charge is 2.28. The Balaban J connectivity index is 2.41. The van der Waals surface area contributed by atoms with Gasteiger partial charge in [-0.3, -0.25) is 4.79 Å². The molecular weight excluding hydrogens is 298 g/mol. The quantitative estimate of drug-likeness (QED) is 0.673. The lowest BCUT2D eigenvalue weighted by atomic mass is 10.3. The van der Waals surface area contributed by atoms with E-state index in [2.05, 4.69) is 10.1 Å². The molecule has 1 fully saturated rings. The second-order valence-corrected chi connectivity index (χ2v) is 6.81. The Morgan fingerprint density at radius 3 is 2.33 bits per heavy atom. The van der Waals surface area contributed by atoms with Crippen molar-refractivity contribution in [1.29, 1.82) is 0 Å². The van der Waals surface area contributed by atoms with Gasteiger partial charge in [-0.25, -0.2) is 13.2 Å². The molecule has 0 aliphatic carbocycles. The molecule has 8 nitrogen and oxygen atoms in total. The van der Waals surface area contributed by atoms with Crippen molar-refractivity contribution < 1.29 is 22.7 Å². The van der Waals surface area contributed by atoms with E-state index in [9.17, 15) is 18.0 Å². The maximum atomic E-state index is 12.1. The molecule has 0 bridgehead atoms. The summed E-state index contributed by atoms with van der Waals surface area (Å²) in [4.78, 5) is 24.2. The third-order valence-corrected chi connectivity index (χ3v) is 5.21. The maximum Gasteiger partial charge on any atom is 0.317 e. The highest BCUT2D eigenvalue weighted by Crippen LogP contribution is 2.10. The molecule has 1 N–H and O–H groups in total. The minimum Gasteiger partial charge on any atom is -0.469 e. The number of urea groups is 1. The average Bonchev–Trinajstić information content (AvgIpc) is 2.47. The Morgan fingerprint density at radius 2 is 1.81 bits per heavy atom. The molecule has 0 radical (unpaired) electrons. The Kier molecular flexibility index (Phi) is 6.90. The molecule has 21 heavy (non-hydrogen) atoms. The van der Waals surface area contributed by atoms with E-state index in [0.29, 0.717) is 19.6 Å². The summed E-state index contributed by atoms with van der Waals surface area (Å²) in [6, 6.07) is -0.166. The van der Waals surface area contributed by atoms with Gasteiger partial charge in [0.25, 0.3) is 0 Å². The van der Waals surface area contributed by atoms with Crippen molar-refractivity contribution >= 4 is 22.0 Å². The molecule has 0 atom stereocenters. The van der Waals surface area contributed by atoms with Crippen LogP contribution in [0.4, 0.5) is 4.79 Å². The van der Waals surface area contributed by atoms with Crippen molar-refractivity contribution in [2.45, 2.75) is 19.8 Å². The number of esters is 1. The molecule has 1 aliphatic heterocycles. The topological polar surface area (TPSA) is 96.0 Å². The Morgan fingerprint density at radius 1 is 1.19 bits per heavy atom. The molecule has 0 unspecified atom stereocenters. The lowest BCUT2D eigenvalue weighted by Gasteiger charge is -2.33. The summed E-state index contributed by atoms with van der Waals surface area (Å²) in [6.07, 6.45) is 0.333. The molecular formula is C12H23N3O5S. The van der Waals surface area contributed by atoms with E-state index in [1.807, 2.05) is 6.92 Å². The van der Waals surface area contributed by atoms with E-state index in [-0.39, 0.29) is 37.7 Å². The standard InChI is InChI=1S/C12H23N3O5S/c1-3-13-12(17)14-6-8-15(9-7-14)21(18,19)10-4-5-11(16)20-2/h3-10H2,1-2H3,(H,13,17). The predicted molar refractivity (Wildman–Crippen MR) is 77.3 cm³/mol. The monoisotopic (exact) mass is 321 g/mol. The number of ether oxygens (including phenoxy) is 1. The summed E-state index contributed by atoms with van der Waals surface area (Å²) in [7, 11) is -2.11. The van der Waals surface area contributed by atoms with Crippen LogP contribution in [0.15, 0.2) is 0 Å². The summed E-state index contributed by atoms with van der Waals surface area (Å²) in [5, 5.41) is 2.69. The molecule has 0 spiro atoms. The van der Waals surface area contributed by atoms with Gasteiger partial charge in [0, 0.05) is 39.1 Å². The summed E-state index contributed by atoms with van der Waals surface area (Å²) >= 11 is 0. The van der Waals surface area contributed by atoms with Crippen LogP contribution in [0.5, 0.6) is 0 Å². The lowest BCUT2D eigenvalue weighted by molar-refractivity contribution is -0.140. The highest BCUT2D eigenvalue weighted by molar-refractivity contribution is 7.89. The summed E-state index contributed by atoms with van der Waals surface area (Å²) in [5.74, 6) is -0.491. The number of piperazine rings is 1. The van der Waals surface area contributed by atoms with Gasteiger partial charge in [0.1, 0.15) is 0 Å². The summed E-state index contributed by atoms with van der Waals surface area (Å²) in [5.41, 5.74) is 0. The number of hydrogen-bond donors (Lipinski definition) is 1. The van der Waals surface area contributed by atoms with Crippen LogP contribution in [0, 0.1) is 0 Å². The molecule has 0 aromatic carbocycles. The first-order chi connectivity index (χ1) is 9.90. The smallest absolute Gasteiger partial charge is 0.317 e. The van der Waals surface area contributed by atoms with Gasteiger partial charge in [0.05, 0.1) is 12.9 Å². The second kappa shape index (κ2) is 8.18. The van der Waals surface area contributed by atoms with Crippen LogP contribution in [0.1, 0.15) is 19.8 Å². The molecule has 0 aromatic rings. The van der Waals surface area contributed by atoms with E-state index in [4.69, 9.17) is 0 Å². The average molecular weight is 321 g/mol. The molecule has 1 saturated heterocycles. The largest absolute Gasteiger partial charge is 0.469 e. The first kappa shape index (κ1) is 17.7. The van der Waals surface area contributed by atoms with E-state index in [1.165, 1.54) is 11.4 Å². The zero-order valence-corrected chi connectivity index (χ0v) is 13.3. The number of nitrogens with one attached hydrogen (secondary N) is 1. The van der Waals surface area contributed by atoms with Gasteiger partial charge < -0.3 is 15.0 Å². The molecule has 1 heterocycles. The van der Waals surface area contributed by atoms with E-state index in [1.54, 1.807) is 4.90 Å². The van der Waals surface area contributed by atoms with Gasteiger partial charge >= 0.3 is 12.0 Å². The normalized spacial score (nSPS) is 16.6. The number of carbonyl (C=O) groups is 2. The van der Waals surface area contributed by atoms with Crippen LogP contribution in [0.3, 0.4) is 0 Å². The van der Waals surface area contributed by atoms with Crippen LogP contribution < -0.4 is 5.32 Å². The minimum absolute atomic E-state index is 0.0801. The van der Waals surface area contributed by atoms with Gasteiger partial charge in [-0.05, 0) is 13.3 Å². The van der Waals surface area contributed by atoms with Crippen molar-refractivity contribution in [3.05, 3.63) is 0 Å². The molecule has 1 rings (SSSR count). The number of sulfonamides is 1. The number of methoxy groups -OCH3 is 1. The van der Waals surface area contributed by atoms with Crippen molar-refractivity contribution in [3.63, 3.8) is 0 Å². The first-order valence-corrected chi connectivity index (χ1v) is 8.59. The number of hydrogen-bond acceptors (Lipinski definition) is 5. The van der Waals surface area contributed by atoms with E-state index < -0.39 is 16.0 Å². The summed E-state index contributed by atoms with van der Waals surface area (Å²) in [6.45, 7) is 3.71. The Hall–Kier alpha value is -1.35. The maximum absolute atomic E-state index is 12.1. The molecule has 0 aromatic heterocycles. The third-order valence-electron chi connectivity index (χ3n) is 3.26. The van der Waals surface area contributed by atoms with E-state index in [0.717, 1.165) is 0 Å². The van der Waals surface area contributed by atoms with E-state index >= 15 is 0 Å². The first-order valence-electron chi connectivity index (χ1n) is 6.98. The Bertz CT molecular complexity index is 458. The fraction of sp³-hybridized carbons (Fsp3) is 0.833. The number of nitrogens with zero attached hydrogens (tertiary/aromatic N) is 2. The lowest BCUT2D eigenvalue weighted by Crippen LogP contribution is -2.53. The SMILES string of the molecule is CCNC(=O)N1CCN(S(=O)(=O)CCCC(=O)OC)CC1. The predicted octanol–water partition coefficient (Wildman–Crippen LogP) is -0.383. The second-order valence-electron chi connectivity index (χ2n) is 4.72. The van der Waals surface area contributed by atoms with Crippen LogP contribution in [0.25, 0.3) is 0 Å². The molecule has 0 saturated carbocycles. The van der Waals surface area contributed by atoms with Crippen molar-refractivity contribution in [3.8, 4) is 0 Å². The number of carbonyl (C=O) groups excluding carboxylic acids is 2. The number of rotatable bonds is 6. The summed E-state index contributed by atoms with van der Waals surface area (Å²) < 4.78 is 30.1. The number of amides is 2. The van der Waals surface area contributed by atoms with Crippen LogP contribution in [0.2, 0.25) is 0 Å². The van der Waals surface area contributed by atoms with Gasteiger partial charge in [-0.1, -0.05) is 0 Å². The highest BCUT2D eigenvalue weighted by atomic mass is 32.2. The van der Waals surface area contributed by atoms with Crippen molar-refractivity contribution in [2.24, 2.45) is 0 Å². The third kappa shape index (κ3) is 5.50. The van der Waals surface area contributed by atoms with Crippen molar-refractivity contribution in [2.75, 3.05) is 45.6 Å². The fourth-order valence-electron chi connectivity index (χ4n) is 2.06. The van der Waals surface area contributed by atoms with Gasteiger partial charge in [0.15, 0.2) is 0 Å².